The van der Waals surface area contributed by atoms with Gasteiger partial charge in [-0.2, -0.15) is 4.98 Å². The molecule has 0 saturated carbocycles. The molecule has 0 aliphatic heterocycles. The molecule has 0 aromatic carbocycles. The van der Waals surface area contributed by atoms with Gasteiger partial charge in [0.15, 0.2) is 0 Å². The number of aromatic nitrogens is 3. The van der Waals surface area contributed by atoms with Gasteiger partial charge in [0, 0.05) is 18.0 Å². The quantitative estimate of drug-likeness (QED) is 0.569. The van der Waals surface area contributed by atoms with Crippen LogP contribution in [0.15, 0.2) is 50.8 Å². The number of thiophene rings is 1. The summed E-state index contributed by atoms with van der Waals surface area (Å²) in [6, 6.07) is 6.04. The smallest absolute Gasteiger partial charge is 0.250 e. The summed E-state index contributed by atoms with van der Waals surface area (Å²) in [5.41, 5.74) is 0.738. The van der Waals surface area contributed by atoms with E-state index in [1.807, 2.05) is 13.8 Å². The second kappa shape index (κ2) is 8.59. The molecule has 9 nitrogen and oxygen atoms in total. The molecule has 1 atom stereocenters. The van der Waals surface area contributed by atoms with E-state index in [2.05, 4.69) is 25.2 Å². The number of nitrogens with one attached hydrogen (secondary N) is 2. The van der Waals surface area contributed by atoms with Crippen molar-refractivity contribution < 1.29 is 17.7 Å². The van der Waals surface area contributed by atoms with Crippen molar-refractivity contribution in [3.8, 4) is 11.4 Å². The van der Waals surface area contributed by atoms with Crippen molar-refractivity contribution in [1.29, 1.82) is 0 Å². The molecule has 3 heterocycles. The van der Waals surface area contributed by atoms with Gasteiger partial charge in [0.25, 0.3) is 10.0 Å². The Labute approximate surface area is 166 Å². The van der Waals surface area contributed by atoms with Crippen molar-refractivity contribution >= 4 is 27.3 Å². The summed E-state index contributed by atoms with van der Waals surface area (Å²) in [6.45, 7) is 3.38. The Morgan fingerprint density at radius 1 is 1.25 bits per heavy atom. The maximum Gasteiger partial charge on any atom is 0.250 e. The third-order valence-electron chi connectivity index (χ3n) is 3.81. The Morgan fingerprint density at radius 2 is 2.00 bits per heavy atom. The molecule has 3 rings (SSSR count). The van der Waals surface area contributed by atoms with Crippen molar-refractivity contribution in [2.75, 3.05) is 6.54 Å². The van der Waals surface area contributed by atoms with Gasteiger partial charge in [-0.3, -0.25) is 9.78 Å². The summed E-state index contributed by atoms with van der Waals surface area (Å²) >= 11 is 1.08. The molecule has 148 valence electrons. The van der Waals surface area contributed by atoms with Gasteiger partial charge in [-0.25, -0.2) is 13.1 Å². The summed E-state index contributed by atoms with van der Waals surface area (Å²) in [4.78, 5) is 20.6. The maximum atomic E-state index is 12.3. The van der Waals surface area contributed by atoms with Crippen LogP contribution in [0.2, 0.25) is 0 Å². The van der Waals surface area contributed by atoms with Crippen LogP contribution >= 0.6 is 11.3 Å². The topological polar surface area (TPSA) is 127 Å². The first-order valence-electron chi connectivity index (χ1n) is 8.43. The molecule has 1 amide bonds. The number of pyridine rings is 1. The molecule has 28 heavy (non-hydrogen) atoms. The molecular formula is C17H19N5O4S2. The van der Waals surface area contributed by atoms with Crippen LogP contribution < -0.4 is 10.0 Å². The van der Waals surface area contributed by atoms with Crippen molar-refractivity contribution in [1.82, 2.24) is 25.2 Å². The molecule has 0 aliphatic rings. The monoisotopic (exact) mass is 421 g/mol. The minimum atomic E-state index is -3.71. The molecule has 0 bridgehead atoms. The summed E-state index contributed by atoms with van der Waals surface area (Å²) in [7, 11) is -3.71. The molecule has 2 N–H and O–H groups in total. The number of amides is 1. The normalized spacial score (nSPS) is 12.8. The van der Waals surface area contributed by atoms with Crippen LogP contribution in [0.5, 0.6) is 0 Å². The fraction of sp³-hybridized carbons (Fsp3) is 0.294. The molecule has 0 fully saturated rings. The molecule has 3 aromatic heterocycles. The van der Waals surface area contributed by atoms with E-state index >= 15 is 0 Å². The third-order valence-corrected chi connectivity index (χ3v) is 6.61. The van der Waals surface area contributed by atoms with Crippen LogP contribution in [0.4, 0.5) is 0 Å². The number of nitrogens with zero attached hydrogens (tertiary/aromatic N) is 3. The molecule has 0 aliphatic carbocycles. The van der Waals surface area contributed by atoms with E-state index in [-0.39, 0.29) is 16.0 Å². The number of sulfonamides is 1. The van der Waals surface area contributed by atoms with E-state index in [9.17, 15) is 13.2 Å². The van der Waals surface area contributed by atoms with Gasteiger partial charge in [0.05, 0.1) is 6.54 Å². The predicted molar refractivity (Wildman–Crippen MR) is 103 cm³/mol. The van der Waals surface area contributed by atoms with E-state index in [0.29, 0.717) is 5.82 Å². The van der Waals surface area contributed by atoms with Gasteiger partial charge in [0.2, 0.25) is 17.6 Å². The lowest BCUT2D eigenvalue weighted by molar-refractivity contribution is -0.121. The van der Waals surface area contributed by atoms with Crippen LogP contribution in [-0.4, -0.2) is 36.0 Å². The lowest BCUT2D eigenvalue weighted by atomic mass is 10.0. The fourth-order valence-electron chi connectivity index (χ4n) is 2.37. The van der Waals surface area contributed by atoms with Gasteiger partial charge in [-0.15, -0.1) is 11.3 Å². The first-order valence-corrected chi connectivity index (χ1v) is 10.8. The minimum absolute atomic E-state index is 0.0522. The predicted octanol–water partition coefficient (Wildman–Crippen LogP) is 1.98. The zero-order valence-electron chi connectivity index (χ0n) is 15.2. The van der Waals surface area contributed by atoms with E-state index in [4.69, 9.17) is 4.52 Å². The van der Waals surface area contributed by atoms with Crippen LogP contribution in [0, 0.1) is 5.92 Å². The zero-order valence-corrected chi connectivity index (χ0v) is 16.8. The molecule has 0 saturated heterocycles. The Hall–Kier alpha value is -2.63. The second-order valence-electron chi connectivity index (χ2n) is 6.24. The third kappa shape index (κ3) is 4.80. The van der Waals surface area contributed by atoms with Crippen LogP contribution in [-0.2, 0) is 14.8 Å². The van der Waals surface area contributed by atoms with Gasteiger partial charge in [-0.05, 0) is 29.5 Å². The van der Waals surface area contributed by atoms with Crippen molar-refractivity contribution in [3.05, 3.63) is 47.9 Å². The summed E-state index contributed by atoms with van der Waals surface area (Å²) < 4.78 is 32.0. The number of rotatable bonds is 8. The highest BCUT2D eigenvalue weighted by Crippen LogP contribution is 2.23. The van der Waals surface area contributed by atoms with Gasteiger partial charge < -0.3 is 9.84 Å². The maximum absolute atomic E-state index is 12.3. The van der Waals surface area contributed by atoms with Crippen molar-refractivity contribution in [3.63, 3.8) is 0 Å². The standard InChI is InChI=1S/C17H19N5O4S2/c1-11(2)15(17-21-16(22-26-17)12-5-7-18-8-6-12)20-13(23)10-19-28(24,25)14-4-3-9-27-14/h3-9,11,15,19H,10H2,1-2H3,(H,20,23). The van der Waals surface area contributed by atoms with Gasteiger partial charge >= 0.3 is 0 Å². The summed E-state index contributed by atoms with van der Waals surface area (Å²) in [5.74, 6) is 0.0815. The zero-order chi connectivity index (χ0) is 20.1. The fourth-order valence-corrected chi connectivity index (χ4v) is 4.39. The molecular weight excluding hydrogens is 402 g/mol. The highest BCUT2D eigenvalue weighted by Gasteiger charge is 2.25. The van der Waals surface area contributed by atoms with Crippen LogP contribution in [0.1, 0.15) is 25.8 Å². The molecule has 11 heteroatoms. The highest BCUT2D eigenvalue weighted by molar-refractivity contribution is 7.91. The van der Waals surface area contributed by atoms with Crippen molar-refractivity contribution in [2.24, 2.45) is 5.92 Å². The number of hydrogen-bond donors (Lipinski definition) is 2. The Bertz CT molecular complexity index is 1020. The summed E-state index contributed by atoms with van der Waals surface area (Å²) in [6.07, 6.45) is 3.24. The Balaban J connectivity index is 1.66. The van der Waals surface area contributed by atoms with Crippen molar-refractivity contribution in [2.45, 2.75) is 24.1 Å². The SMILES string of the molecule is CC(C)C(NC(=O)CNS(=O)(=O)c1cccs1)c1nc(-c2ccncc2)no1. The Kier molecular flexibility index (Phi) is 6.17. The highest BCUT2D eigenvalue weighted by atomic mass is 32.2. The largest absolute Gasteiger partial charge is 0.343 e. The first kappa shape index (κ1) is 20.1. The lowest BCUT2D eigenvalue weighted by Gasteiger charge is -2.18. The van der Waals surface area contributed by atoms with Gasteiger partial charge in [0.1, 0.15) is 10.3 Å². The van der Waals surface area contributed by atoms with E-state index < -0.39 is 28.5 Å². The van der Waals surface area contributed by atoms with Crippen LogP contribution in [0.3, 0.4) is 0 Å². The average molecular weight is 422 g/mol. The van der Waals surface area contributed by atoms with E-state index in [1.54, 1.807) is 36.0 Å². The number of carbonyl (C=O) groups excluding carboxylic acids is 1. The second-order valence-corrected chi connectivity index (χ2v) is 9.18. The molecule has 1 unspecified atom stereocenters. The van der Waals surface area contributed by atoms with E-state index in [1.165, 1.54) is 6.07 Å². The average Bonchev–Trinajstić information content (AvgIpc) is 3.37. The first-order chi connectivity index (χ1) is 13.4. The molecule has 0 spiro atoms. The number of hydrogen-bond acceptors (Lipinski definition) is 8. The minimum Gasteiger partial charge on any atom is -0.343 e. The lowest BCUT2D eigenvalue weighted by Crippen LogP contribution is -2.40. The van der Waals surface area contributed by atoms with Crippen LogP contribution in [0.25, 0.3) is 11.4 Å². The number of carbonyl (C=O) groups is 1. The summed E-state index contributed by atoms with van der Waals surface area (Å²) in [5, 5.41) is 8.34. The molecule has 3 aromatic rings. The molecule has 0 radical (unpaired) electrons. The van der Waals surface area contributed by atoms with E-state index in [0.717, 1.165) is 16.9 Å². The Morgan fingerprint density at radius 3 is 2.64 bits per heavy atom. The van der Waals surface area contributed by atoms with Gasteiger partial charge in [-0.1, -0.05) is 25.1 Å².